The predicted molar refractivity (Wildman–Crippen MR) is 116 cm³/mol. The molecule has 0 spiro atoms. The summed E-state index contributed by atoms with van der Waals surface area (Å²) in [6.45, 7) is 6.78. The first-order valence-corrected chi connectivity index (χ1v) is 10.4. The van der Waals surface area contributed by atoms with Gasteiger partial charge in [-0.25, -0.2) is 0 Å². The second-order valence-corrected chi connectivity index (χ2v) is 8.30. The molecule has 0 aliphatic carbocycles. The first-order chi connectivity index (χ1) is 14.3. The van der Waals surface area contributed by atoms with Gasteiger partial charge in [-0.2, -0.15) is 4.98 Å². The van der Waals surface area contributed by atoms with Crippen molar-refractivity contribution in [2.24, 2.45) is 0 Å². The summed E-state index contributed by atoms with van der Waals surface area (Å²) in [5, 5.41) is 5.56. The minimum atomic E-state index is -0.890. The predicted octanol–water partition coefficient (Wildman–Crippen LogP) is 2.83. The quantitative estimate of drug-likeness (QED) is 0.723. The Kier molecular flexibility index (Phi) is 5.32. The Hall–Kier alpha value is -3.16. The van der Waals surface area contributed by atoms with Gasteiger partial charge in [0.05, 0.1) is 11.5 Å². The van der Waals surface area contributed by atoms with E-state index in [1.54, 1.807) is 0 Å². The molecule has 0 saturated carbocycles. The van der Waals surface area contributed by atoms with Crippen LogP contribution < -0.4 is 21.1 Å². The fourth-order valence-electron chi connectivity index (χ4n) is 4.31. The van der Waals surface area contributed by atoms with Crippen LogP contribution in [0.25, 0.3) is 0 Å². The fraction of sp³-hybridized carbons (Fsp3) is 0.455. The van der Waals surface area contributed by atoms with Gasteiger partial charge in [-0.05, 0) is 51.7 Å². The zero-order chi connectivity index (χ0) is 21.4. The average Bonchev–Trinajstić information content (AvgIpc) is 2.69. The number of H-pyrrole nitrogens is 1. The number of carbonyl (C=O) groups excluding carboxylic acids is 2. The third-order valence-electron chi connectivity index (χ3n) is 5.97. The van der Waals surface area contributed by atoms with E-state index >= 15 is 0 Å². The van der Waals surface area contributed by atoms with Gasteiger partial charge >= 0.3 is 0 Å². The average molecular weight is 409 g/mol. The lowest BCUT2D eigenvalue weighted by atomic mass is 9.92. The summed E-state index contributed by atoms with van der Waals surface area (Å²) < 4.78 is 0. The van der Waals surface area contributed by atoms with E-state index in [1.165, 1.54) is 0 Å². The zero-order valence-corrected chi connectivity index (χ0v) is 17.5. The molecule has 3 N–H and O–H groups in total. The number of carbonyl (C=O) groups is 2. The van der Waals surface area contributed by atoms with Crippen LogP contribution in [0.4, 0.5) is 17.5 Å². The number of aromatic nitrogens is 2. The van der Waals surface area contributed by atoms with Crippen molar-refractivity contribution in [2.75, 3.05) is 22.1 Å². The number of nitrogens with zero attached hydrogens (tertiary/aromatic N) is 2. The summed E-state index contributed by atoms with van der Waals surface area (Å²) in [4.78, 5) is 47.7. The van der Waals surface area contributed by atoms with E-state index in [2.05, 4.69) is 32.4 Å². The van der Waals surface area contributed by atoms with E-state index in [-0.39, 0.29) is 41.2 Å². The molecule has 0 bridgehead atoms. The summed E-state index contributed by atoms with van der Waals surface area (Å²) in [7, 11) is 0. The topological polar surface area (TPSA) is 107 Å². The fourth-order valence-corrected chi connectivity index (χ4v) is 4.31. The summed E-state index contributed by atoms with van der Waals surface area (Å²) in [5.41, 5.74) is 2.51. The molecule has 2 aliphatic rings. The van der Waals surface area contributed by atoms with Gasteiger partial charge < -0.3 is 15.5 Å². The van der Waals surface area contributed by atoms with Gasteiger partial charge in [0.2, 0.25) is 17.8 Å². The normalized spacial score (nSPS) is 21.0. The molecule has 4 rings (SSSR count). The van der Waals surface area contributed by atoms with Crippen molar-refractivity contribution in [3.05, 3.63) is 45.2 Å². The molecule has 0 radical (unpaired) electrons. The third kappa shape index (κ3) is 3.81. The van der Waals surface area contributed by atoms with Crippen LogP contribution in [0.1, 0.15) is 55.2 Å². The molecule has 8 heteroatoms. The molecule has 1 aromatic carbocycles. The third-order valence-corrected chi connectivity index (χ3v) is 5.97. The number of anilines is 3. The number of rotatable bonds is 3. The molecule has 1 saturated heterocycles. The zero-order valence-electron chi connectivity index (χ0n) is 17.5. The number of nitrogens with one attached hydrogen (secondary N) is 3. The standard InChI is InChI=1S/C22H27N5O3/c1-12-7-8-16(13(2)10-12)23-20(29)15-11-17(28)24-19-18(15)21(30)26-22(25-19)27-9-5-4-6-14(27)3/h7-8,10,14-15H,4-6,9,11H2,1-3H3,(H,23,29)(H2,24,25,26,28,30)/t14-,15+/m1/s1. The Morgan fingerprint density at radius 2 is 2.03 bits per heavy atom. The molecular formula is C22H27N5O3. The highest BCUT2D eigenvalue weighted by Gasteiger charge is 2.35. The Labute approximate surface area is 175 Å². The van der Waals surface area contributed by atoms with Crippen LogP contribution >= 0.6 is 0 Å². The van der Waals surface area contributed by atoms with E-state index < -0.39 is 5.92 Å². The number of benzene rings is 1. The Morgan fingerprint density at radius 1 is 1.23 bits per heavy atom. The lowest BCUT2D eigenvalue weighted by Gasteiger charge is -2.34. The number of hydrogen-bond acceptors (Lipinski definition) is 5. The van der Waals surface area contributed by atoms with Crippen molar-refractivity contribution >= 4 is 29.3 Å². The summed E-state index contributed by atoms with van der Waals surface area (Å²) >= 11 is 0. The molecule has 1 fully saturated rings. The SMILES string of the molecule is Cc1ccc(NC(=O)[C@H]2CC(=O)Nc3nc(N4CCCC[C@H]4C)[nH]c(=O)c32)c(C)c1. The van der Waals surface area contributed by atoms with Crippen molar-refractivity contribution < 1.29 is 9.59 Å². The number of aromatic amines is 1. The summed E-state index contributed by atoms with van der Waals surface area (Å²) in [6.07, 6.45) is 3.10. The van der Waals surface area contributed by atoms with Crippen LogP contribution in [-0.4, -0.2) is 34.4 Å². The van der Waals surface area contributed by atoms with E-state index in [0.29, 0.717) is 11.6 Å². The van der Waals surface area contributed by atoms with Gasteiger partial charge in [0, 0.05) is 24.7 Å². The van der Waals surface area contributed by atoms with Crippen LogP contribution in [0.15, 0.2) is 23.0 Å². The maximum Gasteiger partial charge on any atom is 0.258 e. The number of amides is 2. The smallest absolute Gasteiger partial charge is 0.258 e. The largest absolute Gasteiger partial charge is 0.340 e. The first-order valence-electron chi connectivity index (χ1n) is 10.4. The molecule has 2 amide bonds. The Bertz CT molecular complexity index is 1060. The molecule has 158 valence electrons. The van der Waals surface area contributed by atoms with Crippen LogP contribution in [0, 0.1) is 13.8 Å². The molecule has 30 heavy (non-hydrogen) atoms. The van der Waals surface area contributed by atoms with Gasteiger partial charge in [-0.3, -0.25) is 19.4 Å². The van der Waals surface area contributed by atoms with Gasteiger partial charge in [0.1, 0.15) is 5.82 Å². The van der Waals surface area contributed by atoms with Crippen LogP contribution in [0.5, 0.6) is 0 Å². The number of fused-ring (bicyclic) bond motifs is 1. The van der Waals surface area contributed by atoms with Crippen molar-refractivity contribution in [3.8, 4) is 0 Å². The lowest BCUT2D eigenvalue weighted by molar-refractivity contribution is -0.123. The molecule has 1 aromatic heterocycles. The molecule has 2 aliphatic heterocycles. The van der Waals surface area contributed by atoms with Crippen molar-refractivity contribution in [1.29, 1.82) is 0 Å². The highest BCUT2D eigenvalue weighted by atomic mass is 16.2. The maximum absolute atomic E-state index is 13.0. The van der Waals surface area contributed by atoms with E-state index in [9.17, 15) is 14.4 Å². The highest BCUT2D eigenvalue weighted by molar-refractivity contribution is 6.04. The summed E-state index contributed by atoms with van der Waals surface area (Å²) in [5.74, 6) is -0.966. The van der Waals surface area contributed by atoms with E-state index in [1.807, 2.05) is 32.0 Å². The Balaban J connectivity index is 1.66. The molecular weight excluding hydrogens is 382 g/mol. The molecule has 2 aromatic rings. The molecule has 0 unspecified atom stereocenters. The van der Waals surface area contributed by atoms with E-state index in [4.69, 9.17) is 0 Å². The first kappa shape index (κ1) is 20.1. The number of piperidine rings is 1. The van der Waals surface area contributed by atoms with Crippen LogP contribution in [0.2, 0.25) is 0 Å². The van der Waals surface area contributed by atoms with Gasteiger partial charge in [-0.1, -0.05) is 17.7 Å². The monoisotopic (exact) mass is 409 g/mol. The highest BCUT2D eigenvalue weighted by Crippen LogP contribution is 2.31. The number of aryl methyl sites for hydroxylation is 2. The van der Waals surface area contributed by atoms with Gasteiger partial charge in [0.25, 0.3) is 5.56 Å². The van der Waals surface area contributed by atoms with Gasteiger partial charge in [0.15, 0.2) is 0 Å². The van der Waals surface area contributed by atoms with Gasteiger partial charge in [-0.15, -0.1) is 0 Å². The van der Waals surface area contributed by atoms with Crippen molar-refractivity contribution in [3.63, 3.8) is 0 Å². The second-order valence-electron chi connectivity index (χ2n) is 8.30. The molecule has 2 atom stereocenters. The Morgan fingerprint density at radius 3 is 2.77 bits per heavy atom. The van der Waals surface area contributed by atoms with E-state index in [0.717, 1.165) is 36.9 Å². The second kappa shape index (κ2) is 7.93. The maximum atomic E-state index is 13.0. The minimum Gasteiger partial charge on any atom is -0.340 e. The number of hydrogen-bond donors (Lipinski definition) is 3. The minimum absolute atomic E-state index is 0.0893. The van der Waals surface area contributed by atoms with Crippen molar-refractivity contribution in [2.45, 2.75) is 58.4 Å². The summed E-state index contributed by atoms with van der Waals surface area (Å²) in [6, 6.07) is 5.96. The van der Waals surface area contributed by atoms with Crippen LogP contribution in [0.3, 0.4) is 0 Å². The van der Waals surface area contributed by atoms with Crippen LogP contribution in [-0.2, 0) is 9.59 Å². The molecule has 3 heterocycles. The lowest BCUT2D eigenvalue weighted by Crippen LogP contribution is -2.42. The molecule has 8 nitrogen and oxygen atoms in total. The van der Waals surface area contributed by atoms with Crippen molar-refractivity contribution in [1.82, 2.24) is 9.97 Å².